The van der Waals surface area contributed by atoms with Crippen LogP contribution in [0.5, 0.6) is 0 Å². The van der Waals surface area contributed by atoms with Gasteiger partial charge in [-0.25, -0.2) is 0 Å². The van der Waals surface area contributed by atoms with Crippen LogP contribution >= 0.6 is 0 Å². The fraction of sp³-hybridized carbons (Fsp3) is 0.556. The van der Waals surface area contributed by atoms with Gasteiger partial charge in [0.15, 0.2) is 0 Å². The van der Waals surface area contributed by atoms with Crippen LogP contribution in [-0.2, 0) is 9.59 Å². The average molecular weight is 300 g/mol. The third-order valence-electron chi connectivity index (χ3n) is 5.00. The smallest absolute Gasteiger partial charge is 0.227 e. The van der Waals surface area contributed by atoms with Crippen molar-refractivity contribution in [1.82, 2.24) is 5.32 Å². The average Bonchev–Trinajstić information content (AvgIpc) is 2.92. The molecule has 3 atom stereocenters. The molecule has 1 aliphatic carbocycles. The molecule has 4 nitrogen and oxygen atoms in total. The van der Waals surface area contributed by atoms with Gasteiger partial charge in [-0.15, -0.1) is 0 Å². The van der Waals surface area contributed by atoms with Gasteiger partial charge in [-0.2, -0.15) is 0 Å². The zero-order valence-electron chi connectivity index (χ0n) is 13.1. The first-order chi connectivity index (χ1) is 10.6. The lowest BCUT2D eigenvalue weighted by atomic mass is 9.85. The first-order valence-electron chi connectivity index (χ1n) is 8.31. The summed E-state index contributed by atoms with van der Waals surface area (Å²) in [5.41, 5.74) is 0.883. The zero-order valence-corrected chi connectivity index (χ0v) is 13.1. The molecule has 1 heterocycles. The molecule has 0 radical (unpaired) electrons. The van der Waals surface area contributed by atoms with Crippen molar-refractivity contribution in [3.8, 4) is 0 Å². The van der Waals surface area contributed by atoms with E-state index in [9.17, 15) is 9.59 Å². The fourth-order valence-electron chi connectivity index (χ4n) is 3.57. The normalized spacial score (nSPS) is 28.7. The molecule has 0 aromatic heterocycles. The Kier molecular flexibility index (Phi) is 4.46. The van der Waals surface area contributed by atoms with Crippen molar-refractivity contribution in [3.63, 3.8) is 0 Å². The maximum Gasteiger partial charge on any atom is 0.227 e. The standard InChI is InChI=1S/C18H24N2O2/c1-13-7-5-6-10-16(13)19-18(22)14-11-17(21)20(12-14)15-8-3-2-4-9-15/h2-4,8-9,13-14,16H,5-7,10-12H2,1H3,(H,19,22)/t13-,14+,16-/m1/s1. The molecule has 1 aliphatic heterocycles. The molecule has 3 rings (SSSR count). The summed E-state index contributed by atoms with van der Waals surface area (Å²) in [6.07, 6.45) is 5.02. The lowest BCUT2D eigenvalue weighted by molar-refractivity contribution is -0.127. The van der Waals surface area contributed by atoms with Gasteiger partial charge in [-0.1, -0.05) is 38.0 Å². The van der Waals surface area contributed by atoms with E-state index in [1.807, 2.05) is 30.3 Å². The lowest BCUT2D eigenvalue weighted by Gasteiger charge is -2.30. The van der Waals surface area contributed by atoms with Crippen LogP contribution < -0.4 is 10.2 Å². The lowest BCUT2D eigenvalue weighted by Crippen LogP contribution is -2.44. The van der Waals surface area contributed by atoms with Crippen LogP contribution in [0.2, 0.25) is 0 Å². The van der Waals surface area contributed by atoms with Crippen molar-refractivity contribution in [1.29, 1.82) is 0 Å². The maximum atomic E-state index is 12.5. The molecule has 1 saturated carbocycles. The number of para-hydroxylation sites is 1. The molecule has 4 heteroatoms. The zero-order chi connectivity index (χ0) is 15.5. The van der Waals surface area contributed by atoms with Crippen LogP contribution in [0.3, 0.4) is 0 Å². The quantitative estimate of drug-likeness (QED) is 0.933. The summed E-state index contributed by atoms with van der Waals surface area (Å²) in [5, 5.41) is 3.19. The second kappa shape index (κ2) is 6.51. The predicted molar refractivity (Wildman–Crippen MR) is 86.5 cm³/mol. The minimum atomic E-state index is -0.221. The molecule has 118 valence electrons. The van der Waals surface area contributed by atoms with Gasteiger partial charge in [0.2, 0.25) is 11.8 Å². The number of carbonyl (C=O) groups is 2. The summed E-state index contributed by atoms with van der Waals surface area (Å²) >= 11 is 0. The monoisotopic (exact) mass is 300 g/mol. The molecule has 22 heavy (non-hydrogen) atoms. The van der Waals surface area contributed by atoms with Gasteiger partial charge in [0.25, 0.3) is 0 Å². The van der Waals surface area contributed by atoms with Crippen molar-refractivity contribution < 1.29 is 9.59 Å². The highest BCUT2D eigenvalue weighted by molar-refractivity contribution is 6.00. The molecule has 2 amide bonds. The number of rotatable bonds is 3. The first-order valence-corrected chi connectivity index (χ1v) is 8.31. The van der Waals surface area contributed by atoms with Crippen LogP contribution in [0.25, 0.3) is 0 Å². The van der Waals surface area contributed by atoms with Crippen molar-refractivity contribution in [3.05, 3.63) is 30.3 Å². The summed E-state index contributed by atoms with van der Waals surface area (Å²) in [6.45, 7) is 2.70. The summed E-state index contributed by atoms with van der Waals surface area (Å²) in [7, 11) is 0. The fourth-order valence-corrected chi connectivity index (χ4v) is 3.57. The molecule has 0 unspecified atom stereocenters. The minimum absolute atomic E-state index is 0.0445. The van der Waals surface area contributed by atoms with Crippen molar-refractivity contribution in [2.75, 3.05) is 11.4 Å². The van der Waals surface area contributed by atoms with E-state index in [4.69, 9.17) is 0 Å². The molecule has 1 aromatic rings. The van der Waals surface area contributed by atoms with Crippen LogP contribution in [0.15, 0.2) is 30.3 Å². The van der Waals surface area contributed by atoms with Gasteiger partial charge in [-0.05, 0) is 30.9 Å². The number of amides is 2. The Morgan fingerprint density at radius 2 is 1.91 bits per heavy atom. The third kappa shape index (κ3) is 3.16. The topological polar surface area (TPSA) is 49.4 Å². The van der Waals surface area contributed by atoms with E-state index >= 15 is 0 Å². The Hall–Kier alpha value is -1.84. The van der Waals surface area contributed by atoms with Gasteiger partial charge in [-0.3, -0.25) is 9.59 Å². The highest BCUT2D eigenvalue weighted by atomic mass is 16.2. The number of nitrogens with zero attached hydrogens (tertiary/aromatic N) is 1. The SMILES string of the molecule is C[C@@H]1CCCC[C@H]1NC(=O)[C@H]1CC(=O)N(c2ccccc2)C1. The van der Waals surface area contributed by atoms with Gasteiger partial charge in [0.1, 0.15) is 0 Å². The first kappa shape index (κ1) is 15.1. The molecular formula is C18H24N2O2. The molecule has 2 fully saturated rings. The van der Waals surface area contributed by atoms with E-state index in [1.165, 1.54) is 19.3 Å². The van der Waals surface area contributed by atoms with E-state index in [0.717, 1.165) is 12.1 Å². The Morgan fingerprint density at radius 3 is 2.64 bits per heavy atom. The third-order valence-corrected chi connectivity index (χ3v) is 5.00. The highest BCUT2D eigenvalue weighted by Crippen LogP contribution is 2.27. The Bertz CT molecular complexity index is 543. The van der Waals surface area contributed by atoms with Gasteiger partial charge < -0.3 is 10.2 Å². The Balaban J connectivity index is 1.61. The van der Waals surface area contributed by atoms with Crippen molar-refractivity contribution in [2.45, 2.75) is 45.1 Å². The molecular weight excluding hydrogens is 276 g/mol. The van der Waals surface area contributed by atoms with Gasteiger partial charge >= 0.3 is 0 Å². The predicted octanol–water partition coefficient (Wildman–Crippen LogP) is 2.73. The summed E-state index contributed by atoms with van der Waals surface area (Å²) in [4.78, 5) is 26.4. The molecule has 0 bridgehead atoms. The van der Waals surface area contributed by atoms with Crippen molar-refractivity contribution in [2.24, 2.45) is 11.8 Å². The number of benzene rings is 1. The molecule has 1 aromatic carbocycles. The molecule has 1 N–H and O–H groups in total. The van der Waals surface area contributed by atoms with E-state index in [0.29, 0.717) is 18.9 Å². The van der Waals surface area contributed by atoms with Gasteiger partial charge in [0.05, 0.1) is 5.92 Å². The summed E-state index contributed by atoms with van der Waals surface area (Å²) in [6, 6.07) is 9.88. The highest BCUT2D eigenvalue weighted by Gasteiger charge is 2.36. The number of hydrogen-bond acceptors (Lipinski definition) is 2. The second-order valence-electron chi connectivity index (χ2n) is 6.62. The molecule has 0 spiro atoms. The van der Waals surface area contributed by atoms with E-state index in [1.54, 1.807) is 4.90 Å². The van der Waals surface area contributed by atoms with E-state index < -0.39 is 0 Å². The largest absolute Gasteiger partial charge is 0.353 e. The van der Waals surface area contributed by atoms with E-state index in [-0.39, 0.29) is 23.8 Å². The van der Waals surface area contributed by atoms with Crippen molar-refractivity contribution >= 4 is 17.5 Å². The number of nitrogens with one attached hydrogen (secondary N) is 1. The minimum Gasteiger partial charge on any atom is -0.353 e. The molecule has 2 aliphatic rings. The van der Waals surface area contributed by atoms with Crippen LogP contribution in [0, 0.1) is 11.8 Å². The number of hydrogen-bond donors (Lipinski definition) is 1. The van der Waals surface area contributed by atoms with Crippen LogP contribution in [-0.4, -0.2) is 24.4 Å². The maximum absolute atomic E-state index is 12.5. The van der Waals surface area contributed by atoms with Crippen LogP contribution in [0.1, 0.15) is 39.0 Å². The van der Waals surface area contributed by atoms with E-state index in [2.05, 4.69) is 12.2 Å². The van der Waals surface area contributed by atoms with Crippen LogP contribution in [0.4, 0.5) is 5.69 Å². The number of anilines is 1. The number of carbonyl (C=O) groups excluding carboxylic acids is 2. The van der Waals surface area contributed by atoms with Gasteiger partial charge in [0, 0.05) is 24.7 Å². The Labute approximate surface area is 131 Å². The Morgan fingerprint density at radius 1 is 1.18 bits per heavy atom. The molecule has 1 saturated heterocycles. The summed E-state index contributed by atoms with van der Waals surface area (Å²) in [5.74, 6) is 0.412. The second-order valence-corrected chi connectivity index (χ2v) is 6.62. The summed E-state index contributed by atoms with van der Waals surface area (Å²) < 4.78 is 0.